The van der Waals surface area contributed by atoms with Crippen molar-refractivity contribution < 1.29 is 4.79 Å². The lowest BCUT2D eigenvalue weighted by Crippen LogP contribution is -2.28. The molecule has 120 valence electrons. The summed E-state index contributed by atoms with van der Waals surface area (Å²) in [5, 5.41) is 6.96. The molecular weight excluding hydrogens is 308 g/mol. The maximum Gasteiger partial charge on any atom is 0.255 e. The maximum absolute atomic E-state index is 12.3. The van der Waals surface area contributed by atoms with E-state index in [2.05, 4.69) is 22.8 Å². The molecule has 0 spiro atoms. The van der Waals surface area contributed by atoms with Crippen molar-refractivity contribution in [1.29, 1.82) is 0 Å². The molecule has 1 unspecified atom stereocenters. The highest BCUT2D eigenvalue weighted by atomic mass is 35.5. The van der Waals surface area contributed by atoms with Crippen LogP contribution in [-0.2, 0) is 0 Å². The van der Waals surface area contributed by atoms with Crippen LogP contribution in [0.3, 0.4) is 0 Å². The largest absolute Gasteiger partial charge is 0.322 e. The van der Waals surface area contributed by atoms with E-state index in [0.717, 1.165) is 24.3 Å². The molecule has 3 nitrogen and oxygen atoms in total. The summed E-state index contributed by atoms with van der Waals surface area (Å²) in [5.41, 5.74) is 3.67. The monoisotopic (exact) mass is 328 g/mol. The number of amides is 1. The Hall–Kier alpha value is -1.84. The minimum Gasteiger partial charge on any atom is -0.322 e. The fourth-order valence-electron chi connectivity index (χ4n) is 2.91. The first-order valence-electron chi connectivity index (χ1n) is 8.01. The van der Waals surface area contributed by atoms with Crippen molar-refractivity contribution in [2.24, 2.45) is 0 Å². The molecule has 1 fully saturated rings. The molecule has 2 aromatic rings. The van der Waals surface area contributed by atoms with E-state index in [1.54, 1.807) is 12.1 Å². The third kappa shape index (κ3) is 3.92. The van der Waals surface area contributed by atoms with Gasteiger partial charge in [-0.05, 0) is 67.6 Å². The number of rotatable bonds is 3. The van der Waals surface area contributed by atoms with Crippen molar-refractivity contribution >= 4 is 23.2 Å². The Bertz CT molecular complexity index is 691. The van der Waals surface area contributed by atoms with Crippen LogP contribution >= 0.6 is 11.6 Å². The summed E-state index contributed by atoms with van der Waals surface area (Å²) in [6, 6.07) is 13.5. The molecule has 0 saturated carbocycles. The van der Waals surface area contributed by atoms with Gasteiger partial charge in [-0.3, -0.25) is 4.79 Å². The molecule has 1 atom stereocenters. The summed E-state index contributed by atoms with van der Waals surface area (Å²) in [6.07, 6.45) is 2.44. The van der Waals surface area contributed by atoms with Crippen LogP contribution in [0, 0.1) is 6.92 Å². The third-order valence-electron chi connectivity index (χ3n) is 4.37. The van der Waals surface area contributed by atoms with Crippen LogP contribution in [0.2, 0.25) is 5.02 Å². The highest BCUT2D eigenvalue weighted by molar-refractivity contribution is 6.31. The van der Waals surface area contributed by atoms with Crippen LogP contribution in [0.4, 0.5) is 5.69 Å². The second-order valence-corrected chi connectivity index (χ2v) is 6.49. The Morgan fingerprint density at radius 3 is 2.65 bits per heavy atom. The normalized spacial score (nSPS) is 17.7. The lowest BCUT2D eigenvalue weighted by Gasteiger charge is -2.23. The van der Waals surface area contributed by atoms with Gasteiger partial charge in [0.1, 0.15) is 0 Å². The van der Waals surface area contributed by atoms with E-state index in [4.69, 9.17) is 11.6 Å². The molecule has 23 heavy (non-hydrogen) atoms. The highest BCUT2D eigenvalue weighted by Gasteiger charge is 2.15. The van der Waals surface area contributed by atoms with E-state index in [-0.39, 0.29) is 5.91 Å². The van der Waals surface area contributed by atoms with E-state index in [1.807, 2.05) is 25.1 Å². The number of hydrogen-bond acceptors (Lipinski definition) is 2. The molecule has 1 amide bonds. The van der Waals surface area contributed by atoms with Crippen molar-refractivity contribution in [3.63, 3.8) is 0 Å². The molecule has 1 saturated heterocycles. The lowest BCUT2D eigenvalue weighted by atomic mass is 9.91. The Kier molecular flexibility index (Phi) is 4.99. The smallest absolute Gasteiger partial charge is 0.255 e. The Morgan fingerprint density at radius 1 is 1.22 bits per heavy atom. The standard InChI is InChI=1S/C19H21ClN2O/c1-13-4-5-15(11-18(13)20)19(23)22-17-8-6-14(7-9-17)16-3-2-10-21-12-16/h4-9,11,16,21H,2-3,10,12H2,1H3,(H,22,23). The minimum atomic E-state index is -0.140. The summed E-state index contributed by atoms with van der Waals surface area (Å²) < 4.78 is 0. The van der Waals surface area contributed by atoms with Gasteiger partial charge in [0.05, 0.1) is 0 Å². The van der Waals surface area contributed by atoms with E-state index in [1.165, 1.54) is 18.4 Å². The van der Waals surface area contributed by atoms with Crippen LogP contribution < -0.4 is 10.6 Å². The van der Waals surface area contributed by atoms with Gasteiger partial charge in [0, 0.05) is 22.8 Å². The van der Waals surface area contributed by atoms with E-state index in [0.29, 0.717) is 16.5 Å². The molecule has 4 heteroatoms. The minimum absolute atomic E-state index is 0.140. The Labute approximate surface area is 142 Å². The molecule has 0 aliphatic carbocycles. The molecule has 0 bridgehead atoms. The zero-order valence-electron chi connectivity index (χ0n) is 13.2. The average Bonchev–Trinajstić information content (AvgIpc) is 2.59. The molecule has 1 aliphatic heterocycles. The number of nitrogens with one attached hydrogen (secondary N) is 2. The number of hydrogen-bond donors (Lipinski definition) is 2. The first kappa shape index (κ1) is 16.0. The van der Waals surface area contributed by atoms with Gasteiger partial charge >= 0.3 is 0 Å². The predicted molar refractivity (Wildman–Crippen MR) is 95.4 cm³/mol. The number of benzene rings is 2. The molecule has 1 aliphatic rings. The predicted octanol–water partition coefficient (Wildman–Crippen LogP) is 4.37. The van der Waals surface area contributed by atoms with Gasteiger partial charge < -0.3 is 10.6 Å². The first-order valence-corrected chi connectivity index (χ1v) is 8.39. The number of aryl methyl sites for hydroxylation is 1. The average molecular weight is 329 g/mol. The topological polar surface area (TPSA) is 41.1 Å². The third-order valence-corrected chi connectivity index (χ3v) is 4.78. The quantitative estimate of drug-likeness (QED) is 0.878. The summed E-state index contributed by atoms with van der Waals surface area (Å²) in [5.74, 6) is 0.434. The summed E-state index contributed by atoms with van der Waals surface area (Å²) in [6.45, 7) is 4.07. The fraction of sp³-hybridized carbons (Fsp3) is 0.316. The van der Waals surface area contributed by atoms with Crippen LogP contribution in [0.25, 0.3) is 0 Å². The van der Waals surface area contributed by atoms with Gasteiger partial charge in [-0.1, -0.05) is 29.8 Å². The van der Waals surface area contributed by atoms with Gasteiger partial charge in [-0.25, -0.2) is 0 Å². The molecule has 1 heterocycles. The van der Waals surface area contributed by atoms with E-state index in [9.17, 15) is 4.79 Å². The van der Waals surface area contributed by atoms with E-state index >= 15 is 0 Å². The zero-order chi connectivity index (χ0) is 16.2. The number of anilines is 1. The molecule has 2 aromatic carbocycles. The number of carbonyl (C=O) groups excluding carboxylic acids is 1. The Balaban J connectivity index is 1.67. The number of carbonyl (C=O) groups is 1. The van der Waals surface area contributed by atoms with Crippen molar-refractivity contribution in [2.45, 2.75) is 25.7 Å². The maximum atomic E-state index is 12.3. The molecule has 0 radical (unpaired) electrons. The summed E-state index contributed by atoms with van der Waals surface area (Å²) in [7, 11) is 0. The molecule has 0 aromatic heterocycles. The van der Waals surface area contributed by atoms with Gasteiger partial charge in [0.15, 0.2) is 0 Å². The van der Waals surface area contributed by atoms with Crippen LogP contribution in [0.5, 0.6) is 0 Å². The Morgan fingerprint density at radius 2 is 2.00 bits per heavy atom. The van der Waals surface area contributed by atoms with Crippen molar-refractivity contribution in [1.82, 2.24) is 5.32 Å². The van der Waals surface area contributed by atoms with Crippen molar-refractivity contribution in [3.8, 4) is 0 Å². The second-order valence-electron chi connectivity index (χ2n) is 6.08. The number of halogens is 1. The van der Waals surface area contributed by atoms with Crippen molar-refractivity contribution in [3.05, 3.63) is 64.2 Å². The lowest BCUT2D eigenvalue weighted by molar-refractivity contribution is 0.102. The SMILES string of the molecule is Cc1ccc(C(=O)Nc2ccc(C3CCCNC3)cc2)cc1Cl. The molecule has 2 N–H and O–H groups in total. The summed E-state index contributed by atoms with van der Waals surface area (Å²) in [4.78, 5) is 12.3. The van der Waals surface area contributed by atoms with Crippen molar-refractivity contribution in [2.75, 3.05) is 18.4 Å². The molecule has 3 rings (SSSR count). The van der Waals surface area contributed by atoms with Gasteiger partial charge in [0.25, 0.3) is 5.91 Å². The van der Waals surface area contributed by atoms with Crippen LogP contribution in [0.1, 0.15) is 40.2 Å². The van der Waals surface area contributed by atoms with Crippen LogP contribution in [0.15, 0.2) is 42.5 Å². The van der Waals surface area contributed by atoms with E-state index < -0.39 is 0 Å². The van der Waals surface area contributed by atoms with Gasteiger partial charge in [-0.15, -0.1) is 0 Å². The zero-order valence-corrected chi connectivity index (χ0v) is 14.0. The van der Waals surface area contributed by atoms with Gasteiger partial charge in [0.2, 0.25) is 0 Å². The fourth-order valence-corrected chi connectivity index (χ4v) is 3.09. The van der Waals surface area contributed by atoms with Crippen LogP contribution in [-0.4, -0.2) is 19.0 Å². The first-order chi connectivity index (χ1) is 11.1. The molecular formula is C19H21ClN2O. The number of piperidine rings is 1. The van der Waals surface area contributed by atoms with Gasteiger partial charge in [-0.2, -0.15) is 0 Å². The second kappa shape index (κ2) is 7.16. The summed E-state index contributed by atoms with van der Waals surface area (Å²) >= 11 is 6.08. The highest BCUT2D eigenvalue weighted by Crippen LogP contribution is 2.24.